The van der Waals surface area contributed by atoms with Crippen LogP contribution < -0.4 is 5.32 Å². The summed E-state index contributed by atoms with van der Waals surface area (Å²) >= 11 is 5.39. The van der Waals surface area contributed by atoms with Gasteiger partial charge in [-0.2, -0.15) is 0 Å². The molecule has 17 heavy (non-hydrogen) atoms. The number of hydrogen-bond acceptors (Lipinski definition) is 3. The molecule has 0 bridgehead atoms. The Hall–Kier alpha value is -0.810. The lowest BCUT2D eigenvalue weighted by atomic mass is 9.93. The molecular weight excluding hydrogens is 244 g/mol. The van der Waals surface area contributed by atoms with Crippen LogP contribution in [0.4, 0.5) is 0 Å². The second-order valence-corrected chi connectivity index (χ2v) is 4.72. The average molecular weight is 263 g/mol. The molecule has 0 heterocycles. The molecule has 1 aliphatic rings. The van der Waals surface area contributed by atoms with Crippen LogP contribution in [0.5, 0.6) is 0 Å². The fourth-order valence-corrected chi connectivity index (χ4v) is 2.10. The number of carbonyl (C=O) groups is 2. The van der Waals surface area contributed by atoms with E-state index in [4.69, 9.17) is 11.6 Å². The van der Waals surface area contributed by atoms with E-state index in [0.29, 0.717) is 0 Å². The maximum atomic E-state index is 11.6. The quantitative estimate of drug-likeness (QED) is 0.707. The molecule has 0 spiro atoms. The van der Waals surface area contributed by atoms with Crippen molar-refractivity contribution in [1.29, 1.82) is 0 Å². The van der Waals surface area contributed by atoms with Gasteiger partial charge in [0, 0.05) is 13.1 Å². The molecule has 0 atom stereocenters. The van der Waals surface area contributed by atoms with Gasteiger partial charge in [-0.15, -0.1) is 11.6 Å². The minimum Gasteiger partial charge on any atom is -0.393 e. The van der Waals surface area contributed by atoms with Crippen LogP contribution in [-0.4, -0.2) is 53.4 Å². The lowest BCUT2D eigenvalue weighted by Gasteiger charge is -2.27. The van der Waals surface area contributed by atoms with Gasteiger partial charge in [-0.25, -0.2) is 0 Å². The maximum absolute atomic E-state index is 11.6. The highest BCUT2D eigenvalue weighted by Crippen LogP contribution is 2.18. The third kappa shape index (κ3) is 4.91. The molecule has 1 aliphatic carbocycles. The fourth-order valence-electron chi connectivity index (χ4n) is 1.90. The molecule has 5 nitrogen and oxygen atoms in total. The number of likely N-dealkylation sites (N-methyl/N-ethyl adjacent to an activating group) is 1. The molecule has 2 N–H and O–H groups in total. The van der Waals surface area contributed by atoms with Gasteiger partial charge in [0.25, 0.3) is 0 Å². The largest absolute Gasteiger partial charge is 0.393 e. The van der Waals surface area contributed by atoms with Crippen molar-refractivity contribution < 1.29 is 14.7 Å². The molecule has 0 saturated heterocycles. The zero-order chi connectivity index (χ0) is 12.8. The standard InChI is InChI=1S/C11H19ClN2O3/c1-14(11(17)6-12)7-10(16)13-8-2-4-9(15)5-3-8/h8-9,15H,2-7H2,1H3,(H,13,16). The molecule has 1 fully saturated rings. The van der Waals surface area contributed by atoms with Crippen molar-refractivity contribution >= 4 is 23.4 Å². The fraction of sp³-hybridized carbons (Fsp3) is 0.818. The second-order valence-electron chi connectivity index (χ2n) is 4.46. The number of nitrogens with one attached hydrogen (secondary N) is 1. The molecule has 6 heteroatoms. The molecule has 0 radical (unpaired) electrons. The first-order chi connectivity index (χ1) is 8.02. The van der Waals surface area contributed by atoms with Gasteiger partial charge in [0.1, 0.15) is 5.88 Å². The number of aliphatic hydroxyl groups is 1. The van der Waals surface area contributed by atoms with E-state index in [0.717, 1.165) is 25.7 Å². The number of halogens is 1. The normalized spacial score (nSPS) is 24.2. The van der Waals surface area contributed by atoms with Crippen molar-refractivity contribution in [2.24, 2.45) is 0 Å². The summed E-state index contributed by atoms with van der Waals surface area (Å²) in [6.07, 6.45) is 2.80. The lowest BCUT2D eigenvalue weighted by Crippen LogP contribution is -2.44. The first kappa shape index (κ1) is 14.3. The number of rotatable bonds is 4. The molecule has 98 valence electrons. The molecule has 0 aromatic carbocycles. The Morgan fingerprint density at radius 3 is 2.47 bits per heavy atom. The Labute approximate surface area is 106 Å². The van der Waals surface area contributed by atoms with Gasteiger partial charge in [0.2, 0.25) is 11.8 Å². The summed E-state index contributed by atoms with van der Waals surface area (Å²) in [4.78, 5) is 24.1. The molecular formula is C11H19ClN2O3. The van der Waals surface area contributed by atoms with Crippen LogP contribution in [0.25, 0.3) is 0 Å². The summed E-state index contributed by atoms with van der Waals surface area (Å²) in [6.45, 7) is 0.0323. The van der Waals surface area contributed by atoms with Gasteiger partial charge in [-0.3, -0.25) is 9.59 Å². The Morgan fingerprint density at radius 2 is 1.94 bits per heavy atom. The lowest BCUT2D eigenvalue weighted by molar-refractivity contribution is -0.133. The van der Waals surface area contributed by atoms with Crippen molar-refractivity contribution in [1.82, 2.24) is 10.2 Å². The monoisotopic (exact) mass is 262 g/mol. The Bertz CT molecular complexity index is 278. The smallest absolute Gasteiger partial charge is 0.239 e. The van der Waals surface area contributed by atoms with Gasteiger partial charge >= 0.3 is 0 Å². The predicted molar refractivity (Wildman–Crippen MR) is 64.8 cm³/mol. The molecule has 2 amide bonds. The highest BCUT2D eigenvalue weighted by molar-refractivity contribution is 6.27. The van der Waals surface area contributed by atoms with E-state index in [-0.39, 0.29) is 36.4 Å². The van der Waals surface area contributed by atoms with Crippen molar-refractivity contribution in [3.8, 4) is 0 Å². The van der Waals surface area contributed by atoms with Gasteiger partial charge in [0.15, 0.2) is 0 Å². The highest BCUT2D eigenvalue weighted by Gasteiger charge is 2.21. The Kier molecular flexibility index (Phi) is 5.71. The van der Waals surface area contributed by atoms with E-state index in [1.807, 2.05) is 0 Å². The van der Waals surface area contributed by atoms with Gasteiger partial charge in [-0.1, -0.05) is 0 Å². The number of carbonyl (C=O) groups excluding carboxylic acids is 2. The van der Waals surface area contributed by atoms with E-state index >= 15 is 0 Å². The Morgan fingerprint density at radius 1 is 1.35 bits per heavy atom. The van der Waals surface area contributed by atoms with Crippen molar-refractivity contribution in [3.63, 3.8) is 0 Å². The average Bonchev–Trinajstić information content (AvgIpc) is 2.30. The van der Waals surface area contributed by atoms with Crippen LogP contribution in [0.1, 0.15) is 25.7 Å². The number of hydrogen-bond donors (Lipinski definition) is 2. The highest BCUT2D eigenvalue weighted by atomic mass is 35.5. The molecule has 0 aliphatic heterocycles. The third-order valence-corrected chi connectivity index (χ3v) is 3.21. The molecule has 0 unspecified atom stereocenters. The summed E-state index contributed by atoms with van der Waals surface area (Å²) in [5.41, 5.74) is 0. The number of amides is 2. The summed E-state index contributed by atoms with van der Waals surface area (Å²) < 4.78 is 0. The number of nitrogens with zero attached hydrogens (tertiary/aromatic N) is 1. The molecule has 1 rings (SSSR count). The van der Waals surface area contributed by atoms with Crippen LogP contribution in [0.2, 0.25) is 0 Å². The van der Waals surface area contributed by atoms with Crippen LogP contribution in [0, 0.1) is 0 Å². The van der Waals surface area contributed by atoms with Crippen molar-refractivity contribution in [3.05, 3.63) is 0 Å². The van der Waals surface area contributed by atoms with E-state index in [2.05, 4.69) is 5.32 Å². The summed E-state index contributed by atoms with van der Waals surface area (Å²) in [5, 5.41) is 12.2. The molecule has 0 aromatic rings. The summed E-state index contributed by atoms with van der Waals surface area (Å²) in [7, 11) is 1.55. The van der Waals surface area contributed by atoms with E-state index in [9.17, 15) is 14.7 Å². The summed E-state index contributed by atoms with van der Waals surface area (Å²) in [6, 6.07) is 0.116. The molecule has 1 saturated carbocycles. The van der Waals surface area contributed by atoms with Crippen molar-refractivity contribution in [2.75, 3.05) is 19.5 Å². The van der Waals surface area contributed by atoms with E-state index < -0.39 is 0 Å². The minimum atomic E-state index is -0.263. The SMILES string of the molecule is CN(CC(=O)NC1CCC(O)CC1)C(=O)CCl. The van der Waals surface area contributed by atoms with Crippen LogP contribution in [-0.2, 0) is 9.59 Å². The van der Waals surface area contributed by atoms with Gasteiger partial charge < -0.3 is 15.3 Å². The van der Waals surface area contributed by atoms with Crippen molar-refractivity contribution in [2.45, 2.75) is 37.8 Å². The minimum absolute atomic E-state index is 0.0323. The van der Waals surface area contributed by atoms with Crippen LogP contribution in [0.15, 0.2) is 0 Å². The first-order valence-corrected chi connectivity index (χ1v) is 6.33. The first-order valence-electron chi connectivity index (χ1n) is 5.80. The van der Waals surface area contributed by atoms with Crippen LogP contribution in [0.3, 0.4) is 0 Å². The zero-order valence-corrected chi connectivity index (χ0v) is 10.7. The topological polar surface area (TPSA) is 69.6 Å². The number of alkyl halides is 1. The molecule has 0 aromatic heterocycles. The predicted octanol–water partition coefficient (Wildman–Crippen LogP) is 0.103. The van der Waals surface area contributed by atoms with Gasteiger partial charge in [0.05, 0.1) is 12.6 Å². The van der Waals surface area contributed by atoms with E-state index in [1.165, 1.54) is 4.90 Å². The zero-order valence-electron chi connectivity index (χ0n) is 9.99. The third-order valence-electron chi connectivity index (χ3n) is 2.98. The maximum Gasteiger partial charge on any atom is 0.239 e. The van der Waals surface area contributed by atoms with Gasteiger partial charge in [-0.05, 0) is 25.7 Å². The summed E-state index contributed by atoms with van der Waals surface area (Å²) in [5.74, 6) is -0.549. The Balaban J connectivity index is 2.27. The van der Waals surface area contributed by atoms with E-state index in [1.54, 1.807) is 7.05 Å². The second kappa shape index (κ2) is 6.81. The number of aliphatic hydroxyl groups excluding tert-OH is 1. The van der Waals surface area contributed by atoms with Crippen LogP contribution >= 0.6 is 11.6 Å².